The summed E-state index contributed by atoms with van der Waals surface area (Å²) in [6, 6.07) is 6.83. The van der Waals surface area contributed by atoms with Gasteiger partial charge in [-0.3, -0.25) is 0 Å². The number of hydrogen-bond donors (Lipinski definition) is 2. The number of hydrogen-bond acceptors (Lipinski definition) is 5. The number of aryl methyl sites for hydroxylation is 1. The van der Waals surface area contributed by atoms with E-state index in [4.69, 9.17) is 4.42 Å². The summed E-state index contributed by atoms with van der Waals surface area (Å²) in [5.41, 5.74) is 0. The van der Waals surface area contributed by atoms with Crippen molar-refractivity contribution in [1.29, 1.82) is 0 Å². The zero-order valence-electron chi connectivity index (χ0n) is 12.4. The molecule has 0 spiro atoms. The molecule has 0 aliphatic heterocycles. The summed E-state index contributed by atoms with van der Waals surface area (Å²) < 4.78 is 71.3. The first-order valence-corrected chi connectivity index (χ1v) is 8.15. The lowest BCUT2D eigenvalue weighted by Crippen LogP contribution is -2.28. The Labute approximate surface area is 135 Å². The van der Waals surface area contributed by atoms with E-state index >= 15 is 0 Å². The summed E-state index contributed by atoms with van der Waals surface area (Å²) in [6.07, 6.45) is -6.05. The van der Waals surface area contributed by atoms with Crippen molar-refractivity contribution in [3.8, 4) is 5.75 Å². The Hall–Kier alpha value is -2.04. The number of alkyl halides is 3. The third kappa shape index (κ3) is 4.98. The average molecular weight is 365 g/mol. The molecule has 2 N–H and O–H groups in total. The van der Waals surface area contributed by atoms with Crippen molar-refractivity contribution in [1.82, 2.24) is 4.72 Å². The van der Waals surface area contributed by atoms with Gasteiger partial charge in [0.2, 0.25) is 10.0 Å². The van der Waals surface area contributed by atoms with E-state index in [1.165, 1.54) is 6.07 Å². The molecule has 0 saturated carbocycles. The van der Waals surface area contributed by atoms with Crippen LogP contribution in [0.2, 0.25) is 0 Å². The Morgan fingerprint density at radius 2 is 1.83 bits per heavy atom. The molecule has 0 aliphatic carbocycles. The molecule has 0 unspecified atom stereocenters. The van der Waals surface area contributed by atoms with Gasteiger partial charge in [-0.25, -0.2) is 13.1 Å². The zero-order valence-corrected chi connectivity index (χ0v) is 13.2. The quantitative estimate of drug-likeness (QED) is 0.821. The minimum Gasteiger partial charge on any atom is -0.464 e. The number of aliphatic hydroxyl groups is 1. The Balaban J connectivity index is 2.02. The second kappa shape index (κ2) is 6.83. The molecule has 1 atom stereocenters. The monoisotopic (exact) mass is 365 g/mol. The highest BCUT2D eigenvalue weighted by atomic mass is 32.2. The van der Waals surface area contributed by atoms with Crippen molar-refractivity contribution in [3.63, 3.8) is 0 Å². The molecule has 24 heavy (non-hydrogen) atoms. The van der Waals surface area contributed by atoms with Crippen molar-refractivity contribution in [2.45, 2.75) is 24.3 Å². The van der Waals surface area contributed by atoms with E-state index in [1.54, 1.807) is 13.0 Å². The van der Waals surface area contributed by atoms with Crippen molar-refractivity contribution in [3.05, 3.63) is 47.9 Å². The third-order valence-electron chi connectivity index (χ3n) is 2.92. The summed E-state index contributed by atoms with van der Waals surface area (Å²) >= 11 is 0. The zero-order chi connectivity index (χ0) is 18.0. The maximum atomic E-state index is 12.1. The standard InChI is InChI=1S/C14H14F3NO5S/c1-9-2-7-13(22-9)12(19)8-18-24(20,21)11-5-3-10(4-6-11)23-14(15,16)17/h2-7,12,18-19H,8H2,1H3/t12-/m1/s1. The maximum absolute atomic E-state index is 12.1. The van der Waals surface area contributed by atoms with Crippen LogP contribution in [0, 0.1) is 6.92 Å². The van der Waals surface area contributed by atoms with Crippen molar-refractivity contribution in [2.75, 3.05) is 6.54 Å². The molecular formula is C14H14F3NO5S. The van der Waals surface area contributed by atoms with Crippen LogP contribution >= 0.6 is 0 Å². The SMILES string of the molecule is Cc1ccc([C@H](O)CNS(=O)(=O)c2ccc(OC(F)(F)F)cc2)o1. The highest BCUT2D eigenvalue weighted by molar-refractivity contribution is 7.89. The molecule has 10 heteroatoms. The normalized spacial score (nSPS) is 13.7. The molecule has 1 aromatic heterocycles. The van der Waals surface area contributed by atoms with Crippen LogP contribution < -0.4 is 9.46 Å². The number of sulfonamides is 1. The van der Waals surface area contributed by atoms with E-state index in [0.717, 1.165) is 24.3 Å². The molecule has 2 aromatic rings. The number of furan rings is 1. The molecule has 0 bridgehead atoms. The van der Waals surface area contributed by atoms with Gasteiger partial charge in [-0.1, -0.05) is 0 Å². The topological polar surface area (TPSA) is 88.8 Å². The van der Waals surface area contributed by atoms with Gasteiger partial charge in [-0.2, -0.15) is 0 Å². The van der Waals surface area contributed by atoms with E-state index in [0.29, 0.717) is 5.76 Å². The highest BCUT2D eigenvalue weighted by Gasteiger charge is 2.31. The Morgan fingerprint density at radius 1 is 1.21 bits per heavy atom. The van der Waals surface area contributed by atoms with Crippen LogP contribution in [-0.2, 0) is 10.0 Å². The molecule has 0 aliphatic rings. The van der Waals surface area contributed by atoms with E-state index in [9.17, 15) is 26.7 Å². The molecular weight excluding hydrogens is 351 g/mol. The number of halogens is 3. The van der Waals surface area contributed by atoms with Crippen LogP contribution in [0.15, 0.2) is 45.7 Å². The van der Waals surface area contributed by atoms with Crippen LogP contribution in [-0.4, -0.2) is 26.4 Å². The lowest BCUT2D eigenvalue weighted by atomic mass is 10.3. The Bertz CT molecular complexity index is 783. The minimum absolute atomic E-state index is 0.198. The van der Waals surface area contributed by atoms with Gasteiger partial charge in [-0.15, -0.1) is 13.2 Å². The van der Waals surface area contributed by atoms with E-state index in [2.05, 4.69) is 9.46 Å². The van der Waals surface area contributed by atoms with Crippen molar-refractivity contribution in [2.24, 2.45) is 0 Å². The van der Waals surface area contributed by atoms with Crippen LogP contribution in [0.3, 0.4) is 0 Å². The maximum Gasteiger partial charge on any atom is 0.573 e. The van der Waals surface area contributed by atoms with Crippen molar-refractivity contribution < 1.29 is 35.8 Å². The van der Waals surface area contributed by atoms with E-state index in [-0.39, 0.29) is 17.2 Å². The first kappa shape index (κ1) is 18.3. The highest BCUT2D eigenvalue weighted by Crippen LogP contribution is 2.24. The summed E-state index contributed by atoms with van der Waals surface area (Å²) in [6.45, 7) is 1.32. The van der Waals surface area contributed by atoms with Gasteiger partial charge < -0.3 is 14.3 Å². The van der Waals surface area contributed by atoms with Gasteiger partial charge in [0, 0.05) is 6.54 Å². The van der Waals surface area contributed by atoms with Gasteiger partial charge in [0.05, 0.1) is 4.90 Å². The predicted octanol–water partition coefficient (Wildman–Crippen LogP) is 2.50. The summed E-state index contributed by atoms with van der Waals surface area (Å²) in [5.74, 6) is 0.226. The molecule has 0 saturated heterocycles. The molecule has 0 amide bonds. The van der Waals surface area contributed by atoms with Gasteiger partial charge in [0.1, 0.15) is 23.4 Å². The smallest absolute Gasteiger partial charge is 0.464 e. The number of aliphatic hydroxyl groups excluding tert-OH is 1. The largest absolute Gasteiger partial charge is 0.573 e. The molecule has 6 nitrogen and oxygen atoms in total. The van der Waals surface area contributed by atoms with E-state index < -0.39 is 28.2 Å². The van der Waals surface area contributed by atoms with Crippen LogP contribution in [0.4, 0.5) is 13.2 Å². The molecule has 132 valence electrons. The lowest BCUT2D eigenvalue weighted by molar-refractivity contribution is -0.274. The molecule has 1 heterocycles. The van der Waals surface area contributed by atoms with Crippen LogP contribution in [0.25, 0.3) is 0 Å². The number of ether oxygens (including phenoxy) is 1. The minimum atomic E-state index is -4.86. The average Bonchev–Trinajstić information content (AvgIpc) is 2.90. The second-order valence-electron chi connectivity index (χ2n) is 4.84. The summed E-state index contributed by atoms with van der Waals surface area (Å²) in [4.78, 5) is -0.264. The fraction of sp³-hybridized carbons (Fsp3) is 0.286. The number of rotatable bonds is 6. The Kier molecular flexibility index (Phi) is 5.21. The second-order valence-corrected chi connectivity index (χ2v) is 6.60. The molecule has 1 aromatic carbocycles. The Morgan fingerprint density at radius 3 is 2.33 bits per heavy atom. The lowest BCUT2D eigenvalue weighted by Gasteiger charge is -2.12. The van der Waals surface area contributed by atoms with E-state index in [1.807, 2.05) is 0 Å². The van der Waals surface area contributed by atoms with Gasteiger partial charge >= 0.3 is 6.36 Å². The summed E-state index contributed by atoms with van der Waals surface area (Å²) in [5, 5.41) is 9.85. The summed E-state index contributed by atoms with van der Waals surface area (Å²) in [7, 11) is -4.01. The number of benzene rings is 1. The molecule has 0 radical (unpaired) electrons. The predicted molar refractivity (Wildman–Crippen MR) is 76.7 cm³/mol. The first-order valence-electron chi connectivity index (χ1n) is 6.67. The van der Waals surface area contributed by atoms with Crippen LogP contribution in [0.5, 0.6) is 5.75 Å². The van der Waals surface area contributed by atoms with Gasteiger partial charge in [-0.05, 0) is 43.3 Å². The molecule has 0 fully saturated rings. The molecule has 2 rings (SSSR count). The van der Waals surface area contributed by atoms with Crippen molar-refractivity contribution >= 4 is 10.0 Å². The van der Waals surface area contributed by atoms with Crippen LogP contribution in [0.1, 0.15) is 17.6 Å². The van der Waals surface area contributed by atoms with Gasteiger partial charge in [0.15, 0.2) is 0 Å². The third-order valence-corrected chi connectivity index (χ3v) is 4.36. The first-order chi connectivity index (χ1) is 11.1. The fourth-order valence-electron chi connectivity index (χ4n) is 1.83. The van der Waals surface area contributed by atoms with Gasteiger partial charge in [0.25, 0.3) is 0 Å². The number of nitrogens with one attached hydrogen (secondary N) is 1. The fourth-order valence-corrected chi connectivity index (χ4v) is 2.86.